The molecule has 2 aromatic carbocycles. The minimum absolute atomic E-state index is 0.0396. The SMILES string of the molecule is CC(=O)C1=C(O)C(C(C)C)[C@@]2(C)[C@H](C)[C@]3(C)C(=C(O)[C@@]2(O)C1=O)C(=O)c1c(ccc(-c2ccc4c(c2)CCC4)c1O)[C@H]3C. The van der Waals surface area contributed by atoms with E-state index in [2.05, 4.69) is 6.07 Å². The third kappa shape index (κ3) is 3.32. The fraction of sp³-hybridized carbons (Fsp3) is 0.472. The number of rotatable bonds is 3. The molecule has 0 radical (unpaired) electrons. The third-order valence-electron chi connectivity index (χ3n) is 11.9. The van der Waals surface area contributed by atoms with E-state index in [0.717, 1.165) is 31.7 Å². The first-order chi connectivity index (χ1) is 20.1. The number of aromatic hydroxyl groups is 1. The van der Waals surface area contributed by atoms with Gasteiger partial charge >= 0.3 is 0 Å². The van der Waals surface area contributed by atoms with Gasteiger partial charge in [-0.05, 0) is 66.2 Å². The van der Waals surface area contributed by atoms with Crippen LogP contribution in [0.2, 0.25) is 0 Å². The zero-order chi connectivity index (χ0) is 31.5. The maximum Gasteiger partial charge on any atom is 0.209 e. The highest BCUT2D eigenvalue weighted by molar-refractivity contribution is 6.25. The summed E-state index contributed by atoms with van der Waals surface area (Å²) in [5.74, 6) is -6.19. The molecular weight excluding hydrogens is 544 g/mol. The molecule has 0 bridgehead atoms. The van der Waals surface area contributed by atoms with Crippen LogP contribution in [0.3, 0.4) is 0 Å². The second-order valence-electron chi connectivity index (χ2n) is 13.9. The number of hydrogen-bond donors (Lipinski definition) is 4. The van der Waals surface area contributed by atoms with E-state index >= 15 is 0 Å². The van der Waals surface area contributed by atoms with Gasteiger partial charge in [0.15, 0.2) is 17.2 Å². The molecule has 0 saturated carbocycles. The van der Waals surface area contributed by atoms with Crippen molar-refractivity contribution >= 4 is 17.3 Å². The molecule has 0 fully saturated rings. The van der Waals surface area contributed by atoms with E-state index < -0.39 is 68.6 Å². The number of allylic oxidation sites excluding steroid dienone is 2. The first-order valence-corrected chi connectivity index (χ1v) is 15.2. The Morgan fingerprint density at radius 1 is 0.977 bits per heavy atom. The number of ketones is 3. The predicted octanol–water partition coefficient (Wildman–Crippen LogP) is 6.31. The van der Waals surface area contributed by atoms with Gasteiger partial charge in [0.1, 0.15) is 22.8 Å². The summed E-state index contributed by atoms with van der Waals surface area (Å²) in [5.41, 5.74) is -1.50. The molecular formula is C36H40O7. The molecule has 0 saturated heterocycles. The summed E-state index contributed by atoms with van der Waals surface area (Å²) in [5, 5.41) is 47.5. The molecule has 4 aliphatic rings. The van der Waals surface area contributed by atoms with E-state index in [9.17, 15) is 34.8 Å². The molecule has 4 N–H and O–H groups in total. The van der Waals surface area contributed by atoms with Crippen LogP contribution >= 0.6 is 0 Å². The van der Waals surface area contributed by atoms with Gasteiger partial charge < -0.3 is 20.4 Å². The first kappa shape index (κ1) is 29.4. The summed E-state index contributed by atoms with van der Waals surface area (Å²) in [4.78, 5) is 41.2. The van der Waals surface area contributed by atoms with Crippen molar-refractivity contribution in [2.45, 2.75) is 79.2 Å². The Bertz CT molecular complexity index is 1710. The van der Waals surface area contributed by atoms with Crippen molar-refractivity contribution in [1.82, 2.24) is 0 Å². The summed E-state index contributed by atoms with van der Waals surface area (Å²) < 4.78 is 0. The van der Waals surface area contributed by atoms with Gasteiger partial charge in [-0.25, -0.2) is 0 Å². The fourth-order valence-electron chi connectivity index (χ4n) is 9.35. The first-order valence-electron chi connectivity index (χ1n) is 15.2. The van der Waals surface area contributed by atoms with Crippen molar-refractivity contribution < 1.29 is 34.8 Å². The van der Waals surface area contributed by atoms with Crippen molar-refractivity contribution in [3.05, 3.63) is 75.3 Å². The Kier molecular flexibility index (Phi) is 6.25. The van der Waals surface area contributed by atoms with Crippen molar-refractivity contribution in [3.8, 4) is 16.9 Å². The molecule has 0 aliphatic heterocycles. The Hall–Kier alpha value is -3.71. The van der Waals surface area contributed by atoms with Gasteiger partial charge in [-0.1, -0.05) is 71.9 Å². The second-order valence-corrected chi connectivity index (χ2v) is 13.9. The predicted molar refractivity (Wildman–Crippen MR) is 162 cm³/mol. The number of benzene rings is 2. The standard InChI is InChI=1S/C36H40O7/c1-16(2)27-30(39)25(18(4)37)32(41)36(43)33(42)28-31(40)26-23(17(3)34(28,6)19(5)35(27,36)7)13-14-24(29(26)38)22-12-11-20-9-8-10-21(20)15-22/h11-17,19,27,38-39,42-43H,8-10H2,1-7H3/t17-,19-,27?,34-,35-,36+/m1/s1. The lowest BCUT2D eigenvalue weighted by atomic mass is 9.39. The number of aryl methyl sites for hydroxylation is 2. The number of aliphatic hydroxyl groups is 3. The van der Waals surface area contributed by atoms with Crippen molar-refractivity contribution in [2.75, 3.05) is 0 Å². The smallest absolute Gasteiger partial charge is 0.209 e. The molecule has 7 nitrogen and oxygen atoms in total. The molecule has 6 rings (SSSR count). The minimum Gasteiger partial charge on any atom is -0.511 e. The maximum atomic E-state index is 14.5. The van der Waals surface area contributed by atoms with Crippen molar-refractivity contribution in [1.29, 1.82) is 0 Å². The van der Waals surface area contributed by atoms with E-state index in [4.69, 9.17) is 0 Å². The topological polar surface area (TPSA) is 132 Å². The molecule has 0 amide bonds. The summed E-state index contributed by atoms with van der Waals surface area (Å²) in [6, 6.07) is 9.72. The minimum atomic E-state index is -2.65. The van der Waals surface area contributed by atoms with E-state index in [1.54, 1.807) is 6.92 Å². The van der Waals surface area contributed by atoms with Crippen LogP contribution in [-0.4, -0.2) is 43.4 Å². The van der Waals surface area contributed by atoms with Gasteiger partial charge in [0.05, 0.1) is 5.56 Å². The number of carbonyl (C=O) groups is 3. The zero-order valence-corrected chi connectivity index (χ0v) is 25.8. The maximum absolute atomic E-state index is 14.5. The Balaban J connectivity index is 1.63. The Morgan fingerprint density at radius 3 is 2.26 bits per heavy atom. The van der Waals surface area contributed by atoms with Crippen LogP contribution in [0.4, 0.5) is 0 Å². The lowest BCUT2D eigenvalue weighted by Crippen LogP contribution is -2.71. The quantitative estimate of drug-likeness (QED) is 0.311. The number of Topliss-reactive ketones (excluding diaryl/α,β-unsaturated/α-hetero) is 3. The molecule has 0 heterocycles. The van der Waals surface area contributed by atoms with Crippen molar-refractivity contribution in [2.24, 2.45) is 28.6 Å². The van der Waals surface area contributed by atoms with Crippen LogP contribution < -0.4 is 0 Å². The molecule has 4 aliphatic carbocycles. The highest BCUT2D eigenvalue weighted by Gasteiger charge is 2.74. The normalized spacial score (nSPS) is 33.4. The van der Waals surface area contributed by atoms with Crippen LogP contribution in [0, 0.1) is 28.6 Å². The van der Waals surface area contributed by atoms with Crippen LogP contribution in [0.5, 0.6) is 5.75 Å². The van der Waals surface area contributed by atoms with Crippen LogP contribution in [-0.2, 0) is 22.4 Å². The molecule has 0 aromatic heterocycles. The highest BCUT2D eigenvalue weighted by atomic mass is 16.3. The lowest BCUT2D eigenvalue weighted by Gasteiger charge is -2.64. The number of aliphatic hydroxyl groups excluding tert-OH is 2. The molecule has 226 valence electrons. The van der Waals surface area contributed by atoms with E-state index in [1.165, 1.54) is 11.1 Å². The summed E-state index contributed by atoms with van der Waals surface area (Å²) in [6.45, 7) is 12.0. The van der Waals surface area contributed by atoms with Gasteiger partial charge in [0.2, 0.25) is 5.78 Å². The molecule has 2 aromatic rings. The summed E-state index contributed by atoms with van der Waals surface area (Å²) in [7, 11) is 0. The van der Waals surface area contributed by atoms with E-state index in [-0.39, 0.29) is 22.8 Å². The number of fused-ring (bicyclic) bond motifs is 4. The molecule has 43 heavy (non-hydrogen) atoms. The zero-order valence-electron chi connectivity index (χ0n) is 25.8. The highest BCUT2D eigenvalue weighted by Crippen LogP contribution is 2.70. The summed E-state index contributed by atoms with van der Waals surface area (Å²) >= 11 is 0. The fourth-order valence-corrected chi connectivity index (χ4v) is 9.35. The summed E-state index contributed by atoms with van der Waals surface area (Å²) in [6.07, 6.45) is 3.05. The number of phenols is 1. The van der Waals surface area contributed by atoms with Crippen LogP contribution in [0.15, 0.2) is 53.0 Å². The number of hydrogen-bond acceptors (Lipinski definition) is 7. The van der Waals surface area contributed by atoms with E-state index in [1.807, 2.05) is 58.9 Å². The second kappa shape index (κ2) is 9.15. The van der Waals surface area contributed by atoms with Crippen LogP contribution in [0.1, 0.15) is 87.9 Å². The molecule has 1 unspecified atom stereocenters. The van der Waals surface area contributed by atoms with Gasteiger partial charge in [-0.2, -0.15) is 0 Å². The van der Waals surface area contributed by atoms with E-state index in [0.29, 0.717) is 11.1 Å². The average molecular weight is 585 g/mol. The van der Waals surface area contributed by atoms with Crippen molar-refractivity contribution in [3.63, 3.8) is 0 Å². The number of phenolic OH excluding ortho intramolecular Hbond substituents is 1. The Morgan fingerprint density at radius 2 is 1.63 bits per heavy atom. The van der Waals surface area contributed by atoms with Gasteiger partial charge in [0.25, 0.3) is 0 Å². The largest absolute Gasteiger partial charge is 0.511 e. The Labute approximate surface area is 252 Å². The van der Waals surface area contributed by atoms with Gasteiger partial charge in [-0.15, -0.1) is 0 Å². The molecule has 0 spiro atoms. The molecule has 7 heteroatoms. The lowest BCUT2D eigenvalue weighted by molar-refractivity contribution is -0.189. The average Bonchev–Trinajstić information content (AvgIpc) is 3.41. The monoisotopic (exact) mass is 584 g/mol. The molecule has 6 atom stereocenters. The van der Waals surface area contributed by atoms with Gasteiger partial charge in [0, 0.05) is 27.9 Å². The van der Waals surface area contributed by atoms with Gasteiger partial charge in [-0.3, -0.25) is 14.4 Å². The third-order valence-corrected chi connectivity index (χ3v) is 11.9. The number of carbonyl (C=O) groups excluding carboxylic acids is 3. The van der Waals surface area contributed by atoms with Crippen LogP contribution in [0.25, 0.3) is 11.1 Å².